The second kappa shape index (κ2) is 6.58. The van der Waals surface area contributed by atoms with Gasteiger partial charge in [-0.1, -0.05) is 37.4 Å². The Morgan fingerprint density at radius 3 is 2.78 bits per heavy atom. The molecule has 0 aliphatic heterocycles. The monoisotopic (exact) mass is 265 g/mol. The van der Waals surface area contributed by atoms with Gasteiger partial charge in [0.2, 0.25) is 0 Å². The van der Waals surface area contributed by atoms with Crippen LogP contribution in [0, 0.1) is 12.8 Å². The quantitative estimate of drug-likeness (QED) is 0.741. The summed E-state index contributed by atoms with van der Waals surface area (Å²) in [5, 5.41) is 4.53. The molecule has 0 bridgehead atoms. The second-order valence-corrected chi connectivity index (χ2v) is 5.96. The summed E-state index contributed by atoms with van der Waals surface area (Å²) in [4.78, 5) is 0. The molecule has 100 valence electrons. The lowest BCUT2D eigenvalue weighted by atomic mass is 9.96. The molecule has 0 amide bonds. The zero-order valence-electron chi connectivity index (χ0n) is 11.5. The van der Waals surface area contributed by atoms with Crippen molar-refractivity contribution >= 4 is 11.6 Å². The van der Waals surface area contributed by atoms with Gasteiger partial charge in [0.1, 0.15) is 0 Å². The van der Waals surface area contributed by atoms with Crippen LogP contribution in [0.15, 0.2) is 18.2 Å². The fourth-order valence-corrected chi connectivity index (χ4v) is 2.75. The number of benzene rings is 1. The smallest absolute Gasteiger partial charge is 0.0408 e. The number of rotatable bonds is 7. The summed E-state index contributed by atoms with van der Waals surface area (Å²) in [6.07, 6.45) is 6.70. The normalized spacial score (nSPS) is 16.8. The average molecular weight is 266 g/mol. The van der Waals surface area contributed by atoms with Crippen molar-refractivity contribution in [3.05, 3.63) is 34.3 Å². The maximum atomic E-state index is 6.04. The molecule has 0 heterocycles. The summed E-state index contributed by atoms with van der Waals surface area (Å²) in [5.41, 5.74) is 2.74. The Morgan fingerprint density at radius 1 is 1.39 bits per heavy atom. The van der Waals surface area contributed by atoms with Gasteiger partial charge in [-0.25, -0.2) is 0 Å². The van der Waals surface area contributed by atoms with Crippen LogP contribution in [0.5, 0.6) is 0 Å². The van der Waals surface area contributed by atoms with Crippen molar-refractivity contribution in [3.63, 3.8) is 0 Å². The predicted octanol–water partition coefficient (Wildman–Crippen LogP) is 4.88. The lowest BCUT2D eigenvalue weighted by Crippen LogP contribution is -2.23. The first-order valence-electron chi connectivity index (χ1n) is 7.20. The van der Waals surface area contributed by atoms with Crippen molar-refractivity contribution in [3.8, 4) is 0 Å². The Bertz CT molecular complexity index is 385. The van der Waals surface area contributed by atoms with Crippen molar-refractivity contribution in [1.29, 1.82) is 0 Å². The highest BCUT2D eigenvalue weighted by Crippen LogP contribution is 2.36. The van der Waals surface area contributed by atoms with Crippen LogP contribution < -0.4 is 5.32 Å². The molecule has 2 rings (SSSR count). The first-order valence-corrected chi connectivity index (χ1v) is 7.58. The zero-order valence-corrected chi connectivity index (χ0v) is 12.3. The van der Waals surface area contributed by atoms with Gasteiger partial charge in [0.25, 0.3) is 0 Å². The van der Waals surface area contributed by atoms with Crippen LogP contribution in [0.2, 0.25) is 5.02 Å². The number of aryl methyl sites for hydroxylation is 1. The Labute approximate surface area is 116 Å². The highest BCUT2D eigenvalue weighted by atomic mass is 35.5. The largest absolute Gasteiger partial charge is 0.310 e. The van der Waals surface area contributed by atoms with E-state index in [9.17, 15) is 0 Å². The third-order valence-electron chi connectivity index (χ3n) is 3.81. The minimum Gasteiger partial charge on any atom is -0.310 e. The molecule has 1 N–H and O–H groups in total. The summed E-state index contributed by atoms with van der Waals surface area (Å²) in [5.74, 6) is 1.00. The molecule has 1 aromatic carbocycles. The van der Waals surface area contributed by atoms with Gasteiger partial charge in [0, 0.05) is 11.1 Å². The molecular weight excluding hydrogens is 242 g/mol. The first kappa shape index (κ1) is 13.9. The molecule has 1 nitrogen and oxygen atoms in total. The minimum absolute atomic E-state index is 0.503. The number of nitrogens with one attached hydrogen (secondary N) is 1. The Morgan fingerprint density at radius 2 is 2.17 bits per heavy atom. The molecule has 18 heavy (non-hydrogen) atoms. The van der Waals surface area contributed by atoms with Gasteiger partial charge in [-0.2, -0.15) is 0 Å². The van der Waals surface area contributed by atoms with Crippen molar-refractivity contribution in [2.75, 3.05) is 6.54 Å². The van der Waals surface area contributed by atoms with Crippen LogP contribution in [0.1, 0.15) is 56.2 Å². The van der Waals surface area contributed by atoms with Crippen molar-refractivity contribution in [2.45, 2.75) is 52.0 Å². The Kier molecular flexibility index (Phi) is 5.08. The van der Waals surface area contributed by atoms with E-state index in [2.05, 4.69) is 31.3 Å². The van der Waals surface area contributed by atoms with Crippen LogP contribution in [0.3, 0.4) is 0 Å². The maximum Gasteiger partial charge on any atom is 0.0408 e. The van der Waals surface area contributed by atoms with E-state index in [4.69, 9.17) is 11.6 Å². The van der Waals surface area contributed by atoms with Gasteiger partial charge in [-0.05, 0) is 61.9 Å². The Hall–Kier alpha value is -0.530. The third-order valence-corrected chi connectivity index (χ3v) is 4.04. The molecule has 1 fully saturated rings. The van der Waals surface area contributed by atoms with Crippen molar-refractivity contribution in [2.24, 2.45) is 5.92 Å². The molecule has 0 spiro atoms. The molecule has 1 unspecified atom stereocenters. The van der Waals surface area contributed by atoms with Crippen LogP contribution in [0.25, 0.3) is 0 Å². The van der Waals surface area contributed by atoms with E-state index in [-0.39, 0.29) is 0 Å². The highest BCUT2D eigenvalue weighted by Gasteiger charge is 2.23. The van der Waals surface area contributed by atoms with Gasteiger partial charge >= 0.3 is 0 Å². The third kappa shape index (κ3) is 4.00. The van der Waals surface area contributed by atoms with Gasteiger partial charge in [-0.15, -0.1) is 0 Å². The summed E-state index contributed by atoms with van der Waals surface area (Å²) in [6.45, 7) is 5.48. The van der Waals surface area contributed by atoms with Crippen molar-refractivity contribution in [1.82, 2.24) is 5.32 Å². The summed E-state index contributed by atoms with van der Waals surface area (Å²) in [7, 11) is 0. The van der Waals surface area contributed by atoms with E-state index >= 15 is 0 Å². The first-order chi connectivity index (χ1) is 8.70. The standard InChI is InChI=1S/C16H24ClN/c1-3-10-18-16(9-6-13-4-5-13)15-8-7-14(17)11-12(15)2/h7-8,11,13,16,18H,3-6,9-10H2,1-2H3. The maximum absolute atomic E-state index is 6.04. The molecule has 0 radical (unpaired) electrons. The predicted molar refractivity (Wildman–Crippen MR) is 79.2 cm³/mol. The van der Waals surface area contributed by atoms with Crippen molar-refractivity contribution < 1.29 is 0 Å². The lowest BCUT2D eigenvalue weighted by Gasteiger charge is -2.21. The molecule has 1 aliphatic rings. The molecule has 0 aromatic heterocycles. The highest BCUT2D eigenvalue weighted by molar-refractivity contribution is 6.30. The molecule has 0 saturated heterocycles. The number of halogens is 1. The minimum atomic E-state index is 0.503. The van der Waals surface area contributed by atoms with Crippen LogP contribution in [-0.4, -0.2) is 6.54 Å². The van der Waals surface area contributed by atoms with E-state index in [1.165, 1.54) is 43.2 Å². The van der Waals surface area contributed by atoms with Gasteiger partial charge < -0.3 is 5.32 Å². The molecular formula is C16H24ClN. The summed E-state index contributed by atoms with van der Waals surface area (Å²) in [6, 6.07) is 6.79. The van der Waals surface area contributed by atoms with E-state index in [1.54, 1.807) is 0 Å². The van der Waals surface area contributed by atoms with Crippen LogP contribution in [0.4, 0.5) is 0 Å². The fourth-order valence-electron chi connectivity index (χ4n) is 2.53. The number of hydrogen-bond acceptors (Lipinski definition) is 1. The van der Waals surface area contributed by atoms with Crippen LogP contribution in [-0.2, 0) is 0 Å². The molecule has 1 atom stereocenters. The van der Waals surface area contributed by atoms with E-state index < -0.39 is 0 Å². The zero-order chi connectivity index (χ0) is 13.0. The summed E-state index contributed by atoms with van der Waals surface area (Å²) >= 11 is 6.04. The van der Waals surface area contributed by atoms with Crippen LogP contribution >= 0.6 is 11.6 Å². The Balaban J connectivity index is 2.04. The molecule has 2 heteroatoms. The van der Waals surface area contributed by atoms with E-state index in [0.29, 0.717) is 6.04 Å². The van der Waals surface area contributed by atoms with E-state index in [0.717, 1.165) is 17.5 Å². The topological polar surface area (TPSA) is 12.0 Å². The molecule has 1 aromatic rings. The molecule has 1 aliphatic carbocycles. The van der Waals surface area contributed by atoms with Gasteiger partial charge in [0.05, 0.1) is 0 Å². The average Bonchev–Trinajstić information content (AvgIpc) is 3.14. The van der Waals surface area contributed by atoms with E-state index in [1.807, 2.05) is 6.07 Å². The summed E-state index contributed by atoms with van der Waals surface area (Å²) < 4.78 is 0. The second-order valence-electron chi connectivity index (χ2n) is 5.53. The molecule has 1 saturated carbocycles. The van der Waals surface area contributed by atoms with Gasteiger partial charge in [0.15, 0.2) is 0 Å². The lowest BCUT2D eigenvalue weighted by molar-refractivity contribution is 0.468. The van der Waals surface area contributed by atoms with Gasteiger partial charge in [-0.3, -0.25) is 0 Å². The number of hydrogen-bond donors (Lipinski definition) is 1. The SMILES string of the molecule is CCCNC(CCC1CC1)c1ccc(Cl)cc1C. The fraction of sp³-hybridized carbons (Fsp3) is 0.625.